The zero-order valence-corrected chi connectivity index (χ0v) is 17.5. The lowest BCUT2D eigenvalue weighted by Gasteiger charge is -2.21. The normalized spacial score (nSPS) is 16.2. The predicted octanol–water partition coefficient (Wildman–Crippen LogP) is 2.94. The minimum atomic E-state index is -0.692. The molecule has 2 aromatic carbocycles. The molecular weight excluding hydrogens is 414 g/mol. The van der Waals surface area contributed by atoms with Gasteiger partial charge < -0.3 is 14.6 Å². The molecule has 0 aliphatic carbocycles. The van der Waals surface area contributed by atoms with E-state index in [9.17, 15) is 9.59 Å². The van der Waals surface area contributed by atoms with E-state index in [2.05, 4.69) is 15.4 Å². The van der Waals surface area contributed by atoms with E-state index in [-0.39, 0.29) is 11.7 Å². The van der Waals surface area contributed by atoms with Gasteiger partial charge in [0.1, 0.15) is 18.0 Å². The zero-order chi connectivity index (χ0) is 21.4. The van der Waals surface area contributed by atoms with Crippen LogP contribution < -0.4 is 10.2 Å². The first-order valence-electron chi connectivity index (χ1n) is 9.74. The van der Waals surface area contributed by atoms with Crippen LogP contribution in [0, 0.1) is 0 Å². The summed E-state index contributed by atoms with van der Waals surface area (Å²) in [5, 5.41) is 7.97. The Morgan fingerprint density at radius 1 is 1.26 bits per heavy atom. The molecule has 9 heteroatoms. The van der Waals surface area contributed by atoms with Crippen molar-refractivity contribution in [2.24, 2.45) is 0 Å². The van der Waals surface area contributed by atoms with Crippen molar-refractivity contribution >= 4 is 40.2 Å². The molecule has 0 bridgehead atoms. The predicted molar refractivity (Wildman–Crippen MR) is 117 cm³/mol. The van der Waals surface area contributed by atoms with Crippen LogP contribution in [0.15, 0.2) is 70.4 Å². The molecule has 1 N–H and O–H groups in total. The molecule has 31 heavy (non-hydrogen) atoms. The first-order valence-corrected chi connectivity index (χ1v) is 10.7. The van der Waals surface area contributed by atoms with Crippen LogP contribution in [0.5, 0.6) is 0 Å². The molecule has 5 rings (SSSR count). The highest BCUT2D eigenvalue weighted by atomic mass is 32.2. The van der Waals surface area contributed by atoms with E-state index in [4.69, 9.17) is 4.42 Å². The fourth-order valence-electron chi connectivity index (χ4n) is 3.52. The van der Waals surface area contributed by atoms with Crippen molar-refractivity contribution in [2.75, 3.05) is 17.7 Å². The fourth-order valence-corrected chi connectivity index (χ4v) is 4.63. The number of hydrogen-bond acceptors (Lipinski definition) is 6. The van der Waals surface area contributed by atoms with Gasteiger partial charge in [-0.2, -0.15) is 0 Å². The average molecular weight is 433 g/mol. The second-order valence-corrected chi connectivity index (χ2v) is 8.33. The SMILES string of the molecule is CN1C(=O)[C@@H](NC(=O)c2ncn(Cc3ccccc3)n2)CSc2cc3occc3cc21. The summed E-state index contributed by atoms with van der Waals surface area (Å²) in [6, 6.07) is 14.8. The second kappa shape index (κ2) is 7.92. The minimum absolute atomic E-state index is 0.0376. The van der Waals surface area contributed by atoms with Gasteiger partial charge in [0, 0.05) is 23.1 Å². The molecule has 0 radical (unpaired) electrons. The van der Waals surface area contributed by atoms with Gasteiger partial charge in [0.2, 0.25) is 11.7 Å². The first-order chi connectivity index (χ1) is 15.1. The number of carbonyl (C=O) groups excluding carboxylic acids is 2. The number of thioether (sulfide) groups is 1. The van der Waals surface area contributed by atoms with E-state index in [1.807, 2.05) is 48.5 Å². The molecule has 0 spiro atoms. The van der Waals surface area contributed by atoms with Crippen LogP contribution >= 0.6 is 11.8 Å². The van der Waals surface area contributed by atoms with Crippen molar-refractivity contribution < 1.29 is 14.0 Å². The molecule has 2 aromatic heterocycles. The number of furan rings is 1. The lowest BCUT2D eigenvalue weighted by atomic mass is 10.2. The molecule has 8 nitrogen and oxygen atoms in total. The number of likely N-dealkylation sites (N-methyl/N-ethyl adjacent to an activating group) is 1. The van der Waals surface area contributed by atoms with Gasteiger partial charge in [-0.15, -0.1) is 16.9 Å². The lowest BCUT2D eigenvalue weighted by Crippen LogP contribution is -2.48. The number of benzene rings is 2. The third-order valence-electron chi connectivity index (χ3n) is 5.16. The Kier molecular flexibility index (Phi) is 4.95. The van der Waals surface area contributed by atoms with Crippen molar-refractivity contribution in [1.29, 1.82) is 0 Å². The molecule has 0 saturated heterocycles. The summed E-state index contributed by atoms with van der Waals surface area (Å²) in [5.74, 6) is -0.223. The van der Waals surface area contributed by atoms with E-state index in [0.29, 0.717) is 12.3 Å². The Labute approximate surface area is 182 Å². The van der Waals surface area contributed by atoms with Gasteiger partial charge in [-0.1, -0.05) is 30.3 Å². The van der Waals surface area contributed by atoms with E-state index in [1.54, 1.807) is 22.9 Å². The van der Waals surface area contributed by atoms with Gasteiger partial charge in [0.25, 0.3) is 5.91 Å². The number of carbonyl (C=O) groups is 2. The molecule has 0 fully saturated rings. The van der Waals surface area contributed by atoms with E-state index in [1.165, 1.54) is 18.1 Å². The van der Waals surface area contributed by atoms with Crippen LogP contribution in [0.25, 0.3) is 11.0 Å². The molecule has 1 aliphatic rings. The number of hydrogen-bond donors (Lipinski definition) is 1. The first kappa shape index (κ1) is 19.4. The molecule has 1 aliphatic heterocycles. The van der Waals surface area contributed by atoms with Crippen LogP contribution in [0.4, 0.5) is 5.69 Å². The Morgan fingerprint density at radius 3 is 2.94 bits per heavy atom. The van der Waals surface area contributed by atoms with E-state index >= 15 is 0 Å². The Balaban J connectivity index is 1.31. The van der Waals surface area contributed by atoms with Crippen LogP contribution in [0.2, 0.25) is 0 Å². The highest BCUT2D eigenvalue weighted by Gasteiger charge is 2.31. The lowest BCUT2D eigenvalue weighted by molar-refractivity contribution is -0.119. The van der Waals surface area contributed by atoms with Crippen LogP contribution in [-0.4, -0.2) is 45.4 Å². The Morgan fingerprint density at radius 2 is 2.10 bits per heavy atom. The molecular formula is C22H19N5O3S. The second-order valence-electron chi connectivity index (χ2n) is 7.26. The molecule has 0 saturated carbocycles. The maximum absolute atomic E-state index is 13.0. The van der Waals surface area contributed by atoms with Gasteiger partial charge in [-0.25, -0.2) is 9.67 Å². The summed E-state index contributed by atoms with van der Waals surface area (Å²) < 4.78 is 7.08. The van der Waals surface area contributed by atoms with Crippen LogP contribution in [0.3, 0.4) is 0 Å². The molecule has 3 heterocycles. The average Bonchev–Trinajstić information content (AvgIpc) is 3.42. The fraction of sp³-hybridized carbons (Fsp3) is 0.182. The number of anilines is 1. The third-order valence-corrected chi connectivity index (χ3v) is 6.30. The number of aromatic nitrogens is 3. The number of nitrogens with one attached hydrogen (secondary N) is 1. The summed E-state index contributed by atoms with van der Waals surface area (Å²) >= 11 is 1.50. The summed E-state index contributed by atoms with van der Waals surface area (Å²) in [6.45, 7) is 0.512. The van der Waals surface area contributed by atoms with Crippen molar-refractivity contribution in [3.63, 3.8) is 0 Å². The summed E-state index contributed by atoms with van der Waals surface area (Å²) in [7, 11) is 1.71. The number of fused-ring (bicyclic) bond motifs is 2. The minimum Gasteiger partial charge on any atom is -0.464 e. The maximum Gasteiger partial charge on any atom is 0.291 e. The molecule has 0 unspecified atom stereocenters. The van der Waals surface area contributed by atoms with Crippen molar-refractivity contribution in [1.82, 2.24) is 20.1 Å². The molecule has 2 amide bonds. The summed E-state index contributed by atoms with van der Waals surface area (Å²) in [5.41, 5.74) is 2.62. The van der Waals surface area contributed by atoms with Crippen molar-refractivity contribution in [3.05, 3.63) is 72.5 Å². The highest BCUT2D eigenvalue weighted by molar-refractivity contribution is 7.99. The molecule has 156 valence electrons. The van der Waals surface area contributed by atoms with Gasteiger partial charge >= 0.3 is 0 Å². The van der Waals surface area contributed by atoms with E-state index < -0.39 is 11.9 Å². The quantitative estimate of drug-likeness (QED) is 0.532. The molecule has 1 atom stereocenters. The smallest absolute Gasteiger partial charge is 0.291 e. The Bertz CT molecular complexity index is 1270. The van der Waals surface area contributed by atoms with Crippen molar-refractivity contribution in [3.8, 4) is 0 Å². The van der Waals surface area contributed by atoms with Crippen LogP contribution in [-0.2, 0) is 11.3 Å². The van der Waals surface area contributed by atoms with Gasteiger partial charge in [0.15, 0.2) is 0 Å². The Hall–Kier alpha value is -3.59. The number of rotatable bonds is 4. The van der Waals surface area contributed by atoms with Gasteiger partial charge in [-0.3, -0.25) is 9.59 Å². The zero-order valence-electron chi connectivity index (χ0n) is 16.7. The van der Waals surface area contributed by atoms with Crippen molar-refractivity contribution in [2.45, 2.75) is 17.5 Å². The summed E-state index contributed by atoms with van der Waals surface area (Å²) in [4.78, 5) is 32.4. The van der Waals surface area contributed by atoms with Gasteiger partial charge in [0.05, 0.1) is 18.5 Å². The highest BCUT2D eigenvalue weighted by Crippen LogP contribution is 2.37. The molecule has 4 aromatic rings. The maximum atomic E-state index is 13.0. The third kappa shape index (κ3) is 3.79. The standard InChI is InChI=1S/C22H19N5O3S/c1-26-17-9-15-7-8-30-18(15)10-19(17)31-12-16(22(26)29)24-21(28)20-23-13-27(25-20)11-14-5-3-2-4-6-14/h2-10,13,16H,11-12H2,1H3,(H,24,28)/t16-/m0/s1. The largest absolute Gasteiger partial charge is 0.464 e. The summed E-state index contributed by atoms with van der Waals surface area (Å²) in [6.07, 6.45) is 3.14. The monoisotopic (exact) mass is 433 g/mol. The van der Waals surface area contributed by atoms with E-state index in [0.717, 1.165) is 27.1 Å². The number of amides is 2. The number of nitrogens with zero attached hydrogens (tertiary/aromatic N) is 4. The topological polar surface area (TPSA) is 93.3 Å². The van der Waals surface area contributed by atoms with Crippen LogP contribution in [0.1, 0.15) is 16.2 Å². The van der Waals surface area contributed by atoms with Gasteiger partial charge in [-0.05, 0) is 23.8 Å².